The molecule has 2 aromatic heterocycles. The molecule has 9 heteroatoms. The van der Waals surface area contributed by atoms with Gasteiger partial charge in [0.05, 0.1) is 18.5 Å². The van der Waals surface area contributed by atoms with Crippen LogP contribution in [-0.2, 0) is 17.7 Å². The standard InChI is InChI=1S/C20H19FN2O5S/c1-10-8-12(4-5-13(10)21)14(24)9-23-15(6-7-28-3)22-18-16(19(23)25)11(2)17(29-18)20(26)27/h4-5,8H,6-7,9H2,1-3H3,(H,26,27). The van der Waals surface area contributed by atoms with Crippen LogP contribution in [0.15, 0.2) is 23.0 Å². The molecule has 152 valence electrons. The van der Waals surface area contributed by atoms with Crippen LogP contribution in [0, 0.1) is 19.7 Å². The maximum absolute atomic E-state index is 13.5. The second-order valence-electron chi connectivity index (χ2n) is 6.59. The summed E-state index contributed by atoms with van der Waals surface area (Å²) in [6.07, 6.45) is 0.275. The summed E-state index contributed by atoms with van der Waals surface area (Å²) in [5, 5.41) is 9.54. The molecule has 0 radical (unpaired) electrons. The van der Waals surface area contributed by atoms with Crippen molar-refractivity contribution in [2.75, 3.05) is 13.7 Å². The highest BCUT2D eigenvalue weighted by molar-refractivity contribution is 7.20. The number of carbonyl (C=O) groups excluding carboxylic acids is 1. The normalized spacial score (nSPS) is 11.2. The number of fused-ring (bicyclic) bond motifs is 1. The van der Waals surface area contributed by atoms with Crippen LogP contribution in [0.4, 0.5) is 4.39 Å². The third kappa shape index (κ3) is 3.96. The predicted octanol–water partition coefficient (Wildman–Crippen LogP) is 2.98. The highest BCUT2D eigenvalue weighted by Gasteiger charge is 2.22. The van der Waals surface area contributed by atoms with Crippen molar-refractivity contribution in [3.8, 4) is 0 Å². The molecule has 0 amide bonds. The van der Waals surface area contributed by atoms with Gasteiger partial charge >= 0.3 is 5.97 Å². The van der Waals surface area contributed by atoms with E-state index in [1.807, 2.05) is 0 Å². The first-order valence-corrected chi connectivity index (χ1v) is 9.60. The number of halogens is 1. The quantitative estimate of drug-likeness (QED) is 0.593. The number of ether oxygens (including phenoxy) is 1. The summed E-state index contributed by atoms with van der Waals surface area (Å²) >= 11 is 0.930. The number of hydrogen-bond acceptors (Lipinski definition) is 6. The van der Waals surface area contributed by atoms with Crippen LogP contribution < -0.4 is 5.56 Å². The largest absolute Gasteiger partial charge is 0.477 e. The Bertz CT molecular complexity index is 1180. The lowest BCUT2D eigenvalue weighted by Crippen LogP contribution is -2.29. The number of Topliss-reactive ketones (excluding diaryl/α,β-unsaturated/α-hetero) is 1. The maximum atomic E-state index is 13.5. The summed E-state index contributed by atoms with van der Waals surface area (Å²) in [4.78, 5) is 42.1. The Labute approximate surface area is 169 Å². The van der Waals surface area contributed by atoms with Gasteiger partial charge in [-0.1, -0.05) is 0 Å². The van der Waals surface area contributed by atoms with Crippen molar-refractivity contribution in [3.63, 3.8) is 0 Å². The average molecular weight is 418 g/mol. The van der Waals surface area contributed by atoms with E-state index >= 15 is 0 Å². The number of aryl methyl sites for hydroxylation is 2. The van der Waals surface area contributed by atoms with Crippen molar-refractivity contribution in [1.82, 2.24) is 9.55 Å². The van der Waals surface area contributed by atoms with Crippen LogP contribution in [-0.4, -0.2) is 40.1 Å². The smallest absolute Gasteiger partial charge is 0.346 e. The van der Waals surface area contributed by atoms with Gasteiger partial charge < -0.3 is 9.84 Å². The van der Waals surface area contributed by atoms with Crippen LogP contribution >= 0.6 is 11.3 Å². The van der Waals surface area contributed by atoms with Crippen molar-refractivity contribution in [3.05, 3.63) is 61.8 Å². The van der Waals surface area contributed by atoms with Gasteiger partial charge in [-0.15, -0.1) is 11.3 Å². The van der Waals surface area contributed by atoms with E-state index in [0.29, 0.717) is 21.8 Å². The van der Waals surface area contributed by atoms with Crippen molar-refractivity contribution < 1.29 is 23.8 Å². The number of aromatic carboxylic acids is 1. The molecule has 29 heavy (non-hydrogen) atoms. The lowest BCUT2D eigenvalue weighted by atomic mass is 10.1. The van der Waals surface area contributed by atoms with Crippen molar-refractivity contribution >= 4 is 33.3 Å². The second-order valence-corrected chi connectivity index (χ2v) is 7.59. The van der Waals surface area contributed by atoms with Crippen LogP contribution in [0.2, 0.25) is 0 Å². The van der Waals surface area contributed by atoms with E-state index in [2.05, 4.69) is 4.98 Å². The molecule has 1 N–H and O–H groups in total. The number of aromatic nitrogens is 2. The summed E-state index contributed by atoms with van der Waals surface area (Å²) in [6, 6.07) is 4.01. The zero-order valence-electron chi connectivity index (χ0n) is 16.1. The van der Waals surface area contributed by atoms with Crippen LogP contribution in [0.5, 0.6) is 0 Å². The Balaban J connectivity index is 2.13. The fraction of sp³-hybridized carbons (Fsp3) is 0.300. The molecule has 0 aliphatic carbocycles. The van der Waals surface area contributed by atoms with E-state index in [-0.39, 0.29) is 41.2 Å². The third-order valence-corrected chi connectivity index (χ3v) is 5.81. The molecule has 0 saturated carbocycles. The summed E-state index contributed by atoms with van der Waals surface area (Å²) in [5.74, 6) is -1.60. The summed E-state index contributed by atoms with van der Waals surface area (Å²) in [5.41, 5.74) is 0.458. The van der Waals surface area contributed by atoms with Crippen LogP contribution in [0.3, 0.4) is 0 Å². The minimum Gasteiger partial charge on any atom is -0.477 e. The number of carboxylic acid groups (broad SMARTS) is 1. The fourth-order valence-corrected chi connectivity index (χ4v) is 4.09. The monoisotopic (exact) mass is 418 g/mol. The molecule has 1 aromatic carbocycles. The van der Waals surface area contributed by atoms with Crippen molar-refractivity contribution in [2.45, 2.75) is 26.8 Å². The van der Waals surface area contributed by atoms with Crippen LogP contribution in [0.25, 0.3) is 10.2 Å². The lowest BCUT2D eigenvalue weighted by Gasteiger charge is -2.12. The molecule has 0 saturated heterocycles. The first-order valence-electron chi connectivity index (χ1n) is 8.79. The van der Waals surface area contributed by atoms with Gasteiger partial charge in [0.1, 0.15) is 21.3 Å². The Hall–Kier alpha value is -2.91. The Morgan fingerprint density at radius 3 is 2.66 bits per heavy atom. The van der Waals surface area contributed by atoms with Crippen molar-refractivity contribution in [1.29, 1.82) is 0 Å². The zero-order chi connectivity index (χ0) is 21.3. The molecule has 0 fully saturated rings. The van der Waals surface area contributed by atoms with Gasteiger partial charge in [0.2, 0.25) is 0 Å². The molecule has 0 aliphatic rings. The summed E-state index contributed by atoms with van der Waals surface area (Å²) < 4.78 is 19.8. The van der Waals surface area contributed by atoms with Gasteiger partial charge in [0.15, 0.2) is 5.78 Å². The first kappa shape index (κ1) is 20.8. The van der Waals surface area contributed by atoms with Gasteiger partial charge in [0.25, 0.3) is 5.56 Å². The molecule has 2 heterocycles. The number of carbonyl (C=O) groups is 2. The van der Waals surface area contributed by atoms with E-state index in [1.54, 1.807) is 13.8 Å². The minimum absolute atomic E-state index is 0.0422. The number of rotatable bonds is 7. The summed E-state index contributed by atoms with van der Waals surface area (Å²) in [7, 11) is 1.51. The number of hydrogen-bond donors (Lipinski definition) is 1. The number of carboxylic acids is 1. The Morgan fingerprint density at radius 1 is 1.31 bits per heavy atom. The fourth-order valence-electron chi connectivity index (χ4n) is 3.06. The van der Waals surface area contributed by atoms with Gasteiger partial charge in [-0.05, 0) is 43.2 Å². The molecule has 7 nitrogen and oxygen atoms in total. The van der Waals surface area contributed by atoms with E-state index < -0.39 is 17.3 Å². The van der Waals surface area contributed by atoms with Gasteiger partial charge in [-0.25, -0.2) is 14.2 Å². The van der Waals surface area contributed by atoms with E-state index in [1.165, 1.54) is 29.9 Å². The molecule has 0 spiro atoms. The SMILES string of the molecule is COCCc1nc2sc(C(=O)O)c(C)c2c(=O)n1CC(=O)c1ccc(F)c(C)c1. The van der Waals surface area contributed by atoms with Gasteiger partial charge in [0, 0.05) is 19.1 Å². The first-order chi connectivity index (χ1) is 13.7. The molecular formula is C20H19FN2O5S. The Morgan fingerprint density at radius 2 is 2.03 bits per heavy atom. The molecule has 3 rings (SSSR count). The zero-order valence-corrected chi connectivity index (χ0v) is 16.9. The molecule has 0 aliphatic heterocycles. The van der Waals surface area contributed by atoms with E-state index in [4.69, 9.17) is 4.74 Å². The molecule has 0 atom stereocenters. The molecule has 0 unspecified atom stereocenters. The van der Waals surface area contributed by atoms with Gasteiger partial charge in [-0.3, -0.25) is 14.2 Å². The van der Waals surface area contributed by atoms with E-state index in [9.17, 15) is 23.9 Å². The average Bonchev–Trinajstić information content (AvgIpc) is 3.01. The Kier molecular flexibility index (Phi) is 5.90. The maximum Gasteiger partial charge on any atom is 0.346 e. The summed E-state index contributed by atoms with van der Waals surface area (Å²) in [6.45, 7) is 3.09. The number of ketones is 1. The molecule has 0 bridgehead atoms. The number of methoxy groups -OCH3 is 1. The predicted molar refractivity (Wildman–Crippen MR) is 107 cm³/mol. The highest BCUT2D eigenvalue weighted by Crippen LogP contribution is 2.27. The molecule has 3 aromatic rings. The van der Waals surface area contributed by atoms with Gasteiger partial charge in [-0.2, -0.15) is 0 Å². The lowest BCUT2D eigenvalue weighted by molar-refractivity contribution is 0.0701. The number of thiophene rings is 1. The number of nitrogens with zero attached hydrogens (tertiary/aromatic N) is 2. The minimum atomic E-state index is -1.13. The topological polar surface area (TPSA) is 98.5 Å². The van der Waals surface area contributed by atoms with Crippen molar-refractivity contribution in [2.24, 2.45) is 0 Å². The highest BCUT2D eigenvalue weighted by atomic mass is 32.1. The number of benzene rings is 1. The van der Waals surface area contributed by atoms with Crippen LogP contribution in [0.1, 0.15) is 37.0 Å². The molecular weight excluding hydrogens is 399 g/mol. The van der Waals surface area contributed by atoms with E-state index in [0.717, 1.165) is 11.3 Å². The second kappa shape index (κ2) is 8.22. The third-order valence-electron chi connectivity index (χ3n) is 4.64.